The number of nitrogens with one attached hydrogen (secondary N) is 6. The first-order chi connectivity index (χ1) is 37.7. The maximum atomic E-state index is 14.0. The molecular formula is C59H79N11O7S. The molecule has 0 radical (unpaired) electrons. The topological polar surface area (TPSA) is 242 Å². The molecule has 3 fully saturated rings. The Morgan fingerprint density at radius 3 is 2.27 bits per heavy atom. The molecule has 78 heavy (non-hydrogen) atoms. The van der Waals surface area contributed by atoms with Gasteiger partial charge in [-0.3, -0.25) is 29.0 Å². The summed E-state index contributed by atoms with van der Waals surface area (Å²) < 4.78 is 5.88. The summed E-state index contributed by atoms with van der Waals surface area (Å²) in [6.07, 6.45) is 17.1. The number of nitrogens with zero attached hydrogens (tertiary/aromatic N) is 5. The zero-order valence-corrected chi connectivity index (χ0v) is 46.6. The van der Waals surface area contributed by atoms with Gasteiger partial charge in [0.2, 0.25) is 23.6 Å². The number of hydrogen-bond donors (Lipinski definition) is 7. The number of amides is 5. The monoisotopic (exact) mass is 1090 g/mol. The third kappa shape index (κ3) is 16.7. The second-order valence-corrected chi connectivity index (χ2v) is 23.2. The molecule has 418 valence electrons. The summed E-state index contributed by atoms with van der Waals surface area (Å²) >= 11 is 1.58. The van der Waals surface area contributed by atoms with Gasteiger partial charge in [-0.1, -0.05) is 70.7 Å². The van der Waals surface area contributed by atoms with Crippen LogP contribution in [0.15, 0.2) is 72.6 Å². The Morgan fingerprint density at radius 2 is 1.54 bits per heavy atom. The van der Waals surface area contributed by atoms with Crippen molar-refractivity contribution in [3.63, 3.8) is 0 Å². The van der Waals surface area contributed by atoms with Gasteiger partial charge in [-0.15, -0.1) is 11.3 Å². The number of rotatable bonds is 27. The van der Waals surface area contributed by atoms with Gasteiger partial charge in [0.1, 0.15) is 23.7 Å². The first kappa shape index (κ1) is 57.6. The highest BCUT2D eigenvalue weighted by atomic mass is 32.1. The van der Waals surface area contributed by atoms with Crippen molar-refractivity contribution in [3.8, 4) is 10.4 Å². The summed E-state index contributed by atoms with van der Waals surface area (Å²) in [7, 11) is 0. The van der Waals surface area contributed by atoms with E-state index in [-0.39, 0.29) is 67.4 Å². The van der Waals surface area contributed by atoms with Gasteiger partial charge in [-0.05, 0) is 106 Å². The minimum Gasteiger partial charge on any atom is -0.391 e. The minimum atomic E-state index is -0.864. The summed E-state index contributed by atoms with van der Waals surface area (Å²) in [5, 5.41) is 30.6. The molecule has 5 aromatic rings. The normalized spacial score (nSPS) is 18.8. The molecule has 2 aliphatic carbocycles. The average molecular weight is 1090 g/mol. The number of likely N-dealkylation sites (tertiary alicyclic amines) is 1. The van der Waals surface area contributed by atoms with Gasteiger partial charge in [0.15, 0.2) is 0 Å². The predicted octanol–water partition coefficient (Wildman–Crippen LogP) is 8.52. The third-order valence-corrected chi connectivity index (χ3v) is 15.9. The van der Waals surface area contributed by atoms with E-state index in [1.807, 2.05) is 81.7 Å². The molecule has 2 saturated carbocycles. The maximum absolute atomic E-state index is 14.0. The lowest BCUT2D eigenvalue weighted by Crippen LogP contribution is -2.57. The number of aliphatic hydroxyl groups excluding tert-OH is 1. The number of carbonyl (C=O) groups excluding carboxylic acids is 5. The van der Waals surface area contributed by atoms with Crippen LogP contribution in [0.5, 0.6) is 0 Å². The van der Waals surface area contributed by atoms with Crippen LogP contribution in [0.1, 0.15) is 145 Å². The number of aliphatic hydroxyl groups is 1. The van der Waals surface area contributed by atoms with Crippen LogP contribution in [-0.4, -0.2) is 116 Å². The molecule has 0 unspecified atom stereocenters. The fraction of sp³-hybridized carbons (Fsp3) is 0.542. The fourth-order valence-corrected chi connectivity index (χ4v) is 11.0. The van der Waals surface area contributed by atoms with Crippen molar-refractivity contribution in [2.24, 2.45) is 11.3 Å². The van der Waals surface area contributed by atoms with E-state index in [4.69, 9.17) is 4.74 Å². The van der Waals surface area contributed by atoms with Crippen molar-refractivity contribution in [2.45, 2.75) is 167 Å². The van der Waals surface area contributed by atoms with Gasteiger partial charge in [0, 0.05) is 93.7 Å². The van der Waals surface area contributed by atoms with E-state index in [2.05, 4.69) is 51.8 Å². The van der Waals surface area contributed by atoms with Crippen molar-refractivity contribution in [2.75, 3.05) is 36.9 Å². The average Bonchev–Trinajstić information content (AvgIpc) is 4.05. The molecular weight excluding hydrogens is 1010 g/mol. The summed E-state index contributed by atoms with van der Waals surface area (Å²) in [4.78, 5) is 87.5. The van der Waals surface area contributed by atoms with Gasteiger partial charge in [-0.25, -0.2) is 15.0 Å². The molecule has 18 nitrogen and oxygen atoms in total. The Labute approximate surface area is 462 Å². The van der Waals surface area contributed by atoms with E-state index in [1.54, 1.807) is 29.9 Å². The molecule has 7 N–H and O–H groups in total. The molecule has 3 atom stereocenters. The summed E-state index contributed by atoms with van der Waals surface area (Å²) in [5.74, 6) is 0.217. The van der Waals surface area contributed by atoms with Crippen molar-refractivity contribution in [1.29, 1.82) is 0 Å². The molecule has 3 aliphatic rings. The van der Waals surface area contributed by atoms with E-state index in [0.29, 0.717) is 49.4 Å². The van der Waals surface area contributed by atoms with Gasteiger partial charge < -0.3 is 46.6 Å². The van der Waals surface area contributed by atoms with Crippen molar-refractivity contribution in [3.05, 3.63) is 89.5 Å². The third-order valence-electron chi connectivity index (χ3n) is 14.9. The quantitative estimate of drug-likeness (QED) is 0.0244. The summed E-state index contributed by atoms with van der Waals surface area (Å²) in [5.41, 5.74) is 6.21. The van der Waals surface area contributed by atoms with Crippen LogP contribution < -0.4 is 31.9 Å². The number of carbonyl (C=O) groups is 5. The Morgan fingerprint density at radius 1 is 0.808 bits per heavy atom. The number of thiazole rings is 1. The zero-order chi connectivity index (χ0) is 55.0. The fourth-order valence-electron chi connectivity index (χ4n) is 10.2. The van der Waals surface area contributed by atoms with Crippen LogP contribution in [0.4, 0.5) is 17.3 Å². The van der Waals surface area contributed by atoms with E-state index in [9.17, 15) is 29.1 Å². The molecule has 4 aromatic heterocycles. The molecule has 0 spiro atoms. The SMILES string of the molecule is Cc1ncsc1-c1ccc(CNC(=O)[C@@H]2C[C@@H](O)CN2C(=O)[C@H](NC(=O)CCCCCOCCCCCCCNC(=O)[C@H]2CC[C@H](NC(=O)c3cnc(Nc4ccc5cnccc5n4)cc3NC3CC3)CC2)C(C)(C)C)cc1. The first-order valence-electron chi connectivity index (χ1n) is 28.1. The van der Waals surface area contributed by atoms with E-state index < -0.39 is 23.6 Å². The largest absolute Gasteiger partial charge is 0.391 e. The number of hydrogen-bond acceptors (Lipinski definition) is 14. The van der Waals surface area contributed by atoms with Crippen molar-refractivity contribution in [1.82, 2.24) is 46.1 Å². The molecule has 8 rings (SSSR count). The number of β-amino-alcohol motifs (C(OH)–C–C–N with tert-alkyl or cyclic N) is 1. The predicted molar refractivity (Wildman–Crippen MR) is 304 cm³/mol. The van der Waals surface area contributed by atoms with Crippen molar-refractivity contribution < 1.29 is 33.8 Å². The number of aromatic nitrogens is 4. The molecule has 5 heterocycles. The highest BCUT2D eigenvalue weighted by Gasteiger charge is 2.44. The first-order valence-corrected chi connectivity index (χ1v) is 29.0. The van der Waals surface area contributed by atoms with Gasteiger partial charge >= 0.3 is 0 Å². The number of ether oxygens (including phenoxy) is 1. The smallest absolute Gasteiger partial charge is 0.255 e. The maximum Gasteiger partial charge on any atom is 0.255 e. The zero-order valence-electron chi connectivity index (χ0n) is 45.8. The van der Waals surface area contributed by atoms with Gasteiger partial charge in [0.05, 0.1) is 39.0 Å². The molecule has 0 bridgehead atoms. The summed E-state index contributed by atoms with van der Waals surface area (Å²) in [6.45, 7) is 9.90. The van der Waals surface area contributed by atoms with Crippen LogP contribution >= 0.6 is 11.3 Å². The van der Waals surface area contributed by atoms with E-state index in [1.165, 1.54) is 4.90 Å². The lowest BCUT2D eigenvalue weighted by molar-refractivity contribution is -0.144. The van der Waals surface area contributed by atoms with E-state index >= 15 is 0 Å². The van der Waals surface area contributed by atoms with Gasteiger partial charge in [0.25, 0.3) is 5.91 Å². The van der Waals surface area contributed by atoms with Crippen LogP contribution in [0, 0.1) is 18.3 Å². The number of anilines is 3. The van der Waals surface area contributed by atoms with Gasteiger partial charge in [-0.2, -0.15) is 0 Å². The second-order valence-electron chi connectivity index (χ2n) is 22.4. The molecule has 1 saturated heterocycles. The number of benzene rings is 1. The number of fused-ring (bicyclic) bond motifs is 1. The molecule has 1 aliphatic heterocycles. The lowest BCUT2D eigenvalue weighted by atomic mass is 9.85. The Hall–Kier alpha value is -6.57. The lowest BCUT2D eigenvalue weighted by Gasteiger charge is -2.35. The number of pyridine rings is 3. The van der Waals surface area contributed by atoms with Crippen LogP contribution in [-0.2, 0) is 30.5 Å². The molecule has 5 amide bonds. The minimum absolute atomic E-state index is 0.00298. The number of aryl methyl sites for hydroxylation is 1. The molecule has 19 heteroatoms. The Kier molecular flexibility index (Phi) is 20.6. The highest BCUT2D eigenvalue weighted by Crippen LogP contribution is 2.32. The summed E-state index contributed by atoms with van der Waals surface area (Å²) in [6, 6.07) is 14.1. The Balaban J connectivity index is 0.637. The standard InChI is InChI=1S/C59H79N11O7S/c1-38-53(78-37-64-38)40-16-14-39(15-17-40)33-63-57(75)49-31-45(71)36-70(49)58(76)54(59(2,3)4)69-52(72)13-9-8-12-30-77-29-11-7-5-6-10-27-61-55(73)41-18-21-44(22-19-41)66-56(74)46-35-62-51(32-48(46)65-43-23-24-43)68-50-25-20-42-34-60-28-26-47(42)67-50/h14-17,20,25-26,28,32,34-35,37,41,43-45,49,54,71H,5-13,18-19,21-24,27,29-31,33,36H2,1-4H3,(H,61,73)(H,63,75)(H,66,74)(H,69,72)(H2,62,65,67,68)/t41-,44-,45-,49+,54+/m1/s1. The second kappa shape index (κ2) is 27.8. The highest BCUT2D eigenvalue weighted by molar-refractivity contribution is 7.13. The number of unbranched alkanes of at least 4 members (excludes halogenated alkanes) is 6. The van der Waals surface area contributed by atoms with E-state index in [0.717, 1.165) is 122 Å². The van der Waals surface area contributed by atoms with Crippen LogP contribution in [0.25, 0.3) is 21.3 Å². The Bertz CT molecular complexity index is 2810. The molecule has 1 aromatic carbocycles. The van der Waals surface area contributed by atoms with Crippen LogP contribution in [0.3, 0.4) is 0 Å². The van der Waals surface area contributed by atoms with Crippen LogP contribution in [0.2, 0.25) is 0 Å². The van der Waals surface area contributed by atoms with Crippen molar-refractivity contribution >= 4 is 69.1 Å².